The van der Waals surface area contributed by atoms with Crippen molar-refractivity contribution >= 4 is 15.7 Å². The van der Waals surface area contributed by atoms with Crippen molar-refractivity contribution in [3.63, 3.8) is 0 Å². The number of ether oxygens (including phenoxy) is 1. The molecule has 2 aromatic carbocycles. The molecule has 0 spiro atoms. The summed E-state index contributed by atoms with van der Waals surface area (Å²) in [5.41, 5.74) is 4.04. The van der Waals surface area contributed by atoms with E-state index in [4.69, 9.17) is 4.74 Å². The number of methoxy groups -OCH3 is 1. The fourth-order valence-electron chi connectivity index (χ4n) is 3.54. The number of fused-ring (bicyclic) bond motifs is 1. The van der Waals surface area contributed by atoms with Crippen LogP contribution in [0.3, 0.4) is 0 Å². The average Bonchev–Trinajstić information content (AvgIpc) is 2.87. The van der Waals surface area contributed by atoms with Gasteiger partial charge in [-0.15, -0.1) is 0 Å². The summed E-state index contributed by atoms with van der Waals surface area (Å²) in [5.74, 6) is 0.398. The maximum atomic E-state index is 13.1. The molecule has 0 unspecified atom stereocenters. The first kappa shape index (κ1) is 20.7. The Kier molecular flexibility index (Phi) is 6.62. The Balaban J connectivity index is 1.86. The minimum atomic E-state index is -3.73. The lowest BCUT2D eigenvalue weighted by Crippen LogP contribution is -2.20. The van der Waals surface area contributed by atoms with Gasteiger partial charge in [0.25, 0.3) is 10.0 Å². The van der Waals surface area contributed by atoms with Gasteiger partial charge in [0.15, 0.2) is 0 Å². The van der Waals surface area contributed by atoms with Gasteiger partial charge in [-0.05, 0) is 73.7 Å². The number of hydrogen-bond donors (Lipinski definition) is 1. The monoisotopic (exact) mass is 402 g/mol. The Labute approximate surface area is 168 Å². The maximum Gasteiger partial charge on any atom is 0.265 e. The molecule has 28 heavy (non-hydrogen) atoms. The topological polar surface area (TPSA) is 58.6 Å². The van der Waals surface area contributed by atoms with Crippen molar-refractivity contribution in [2.75, 3.05) is 32.0 Å². The summed E-state index contributed by atoms with van der Waals surface area (Å²) in [4.78, 5) is 2.47. The van der Waals surface area contributed by atoms with Gasteiger partial charge in [0.1, 0.15) is 10.6 Å². The molecule has 0 bridgehead atoms. The lowest BCUT2D eigenvalue weighted by Gasteiger charge is -2.15. The van der Waals surface area contributed by atoms with Crippen molar-refractivity contribution in [3.8, 4) is 5.75 Å². The largest absolute Gasteiger partial charge is 0.495 e. The molecule has 0 saturated heterocycles. The molecule has 6 heteroatoms. The first-order chi connectivity index (χ1) is 13.4. The number of hydrogen-bond acceptors (Lipinski definition) is 4. The lowest BCUT2D eigenvalue weighted by atomic mass is 10.0. The van der Waals surface area contributed by atoms with Crippen LogP contribution in [0.2, 0.25) is 0 Å². The van der Waals surface area contributed by atoms with Gasteiger partial charge in [-0.3, -0.25) is 4.72 Å². The highest BCUT2D eigenvalue weighted by molar-refractivity contribution is 7.92. The minimum absolute atomic E-state index is 0.202. The minimum Gasteiger partial charge on any atom is -0.495 e. The first-order valence-corrected chi connectivity index (χ1v) is 11.4. The van der Waals surface area contributed by atoms with Crippen LogP contribution in [-0.4, -0.2) is 40.6 Å². The molecular formula is C22H30N2O3S. The summed E-state index contributed by atoms with van der Waals surface area (Å²) in [7, 11) is -0.124. The number of aryl methyl sites for hydroxylation is 1. The van der Waals surface area contributed by atoms with Crippen LogP contribution >= 0.6 is 0 Å². The Morgan fingerprint density at radius 2 is 1.71 bits per heavy atom. The summed E-state index contributed by atoms with van der Waals surface area (Å²) < 4.78 is 34.3. The number of likely N-dealkylation sites (N-methyl/N-ethyl adjacent to an activating group) is 1. The molecule has 0 radical (unpaired) electrons. The number of sulfonamides is 1. The highest BCUT2D eigenvalue weighted by Crippen LogP contribution is 2.31. The molecular weight excluding hydrogens is 372 g/mol. The number of rotatable bonds is 7. The van der Waals surface area contributed by atoms with Gasteiger partial charge in [0, 0.05) is 18.8 Å². The second kappa shape index (κ2) is 8.97. The highest BCUT2D eigenvalue weighted by Gasteiger charge is 2.23. The Hall–Kier alpha value is -2.05. The molecule has 1 aliphatic rings. The van der Waals surface area contributed by atoms with E-state index in [2.05, 4.69) is 23.6 Å². The zero-order chi connectivity index (χ0) is 20.1. The Morgan fingerprint density at radius 3 is 2.32 bits per heavy atom. The smallest absolute Gasteiger partial charge is 0.265 e. The van der Waals surface area contributed by atoms with Crippen molar-refractivity contribution in [2.24, 2.45) is 0 Å². The fraction of sp³-hybridized carbons (Fsp3) is 0.455. The molecule has 0 aliphatic carbocycles. The van der Waals surface area contributed by atoms with Gasteiger partial charge in [0.05, 0.1) is 7.11 Å². The van der Waals surface area contributed by atoms with Crippen LogP contribution in [0.5, 0.6) is 5.75 Å². The normalized spacial score (nSPS) is 15.0. The van der Waals surface area contributed by atoms with Crippen LogP contribution in [0.1, 0.15) is 36.5 Å². The summed E-state index contributed by atoms with van der Waals surface area (Å²) in [6.07, 6.45) is 5.02. The summed E-state index contributed by atoms with van der Waals surface area (Å²) in [6.45, 7) is 4.05. The standard InChI is InChI=1S/C22H30N2O3S/c1-4-5-6-17-7-9-20(10-8-17)23-28(25,26)22-16-19-12-14-24(2)13-11-18(19)15-21(22)27-3/h7-10,15-16,23H,4-6,11-14H2,1-3H3. The van der Waals surface area contributed by atoms with Crippen molar-refractivity contribution < 1.29 is 13.2 Å². The number of benzene rings is 2. The van der Waals surface area contributed by atoms with E-state index < -0.39 is 10.0 Å². The molecule has 2 aromatic rings. The first-order valence-electron chi connectivity index (χ1n) is 9.93. The van der Waals surface area contributed by atoms with E-state index in [1.54, 1.807) is 6.07 Å². The van der Waals surface area contributed by atoms with Gasteiger partial charge >= 0.3 is 0 Å². The van der Waals surface area contributed by atoms with E-state index in [0.29, 0.717) is 11.4 Å². The summed E-state index contributed by atoms with van der Waals surface area (Å²) >= 11 is 0. The third-order valence-electron chi connectivity index (χ3n) is 5.33. The van der Waals surface area contributed by atoms with Gasteiger partial charge < -0.3 is 9.64 Å². The maximum absolute atomic E-state index is 13.1. The van der Waals surface area contributed by atoms with Crippen LogP contribution in [0.25, 0.3) is 0 Å². The predicted octanol–water partition coefficient (Wildman–Crippen LogP) is 3.87. The van der Waals surface area contributed by atoms with E-state index in [9.17, 15) is 8.42 Å². The van der Waals surface area contributed by atoms with E-state index in [1.165, 1.54) is 18.2 Å². The number of nitrogens with zero attached hydrogens (tertiary/aromatic N) is 1. The molecule has 1 heterocycles. The van der Waals surface area contributed by atoms with E-state index in [1.807, 2.05) is 30.3 Å². The van der Waals surface area contributed by atoms with Crippen LogP contribution in [0.4, 0.5) is 5.69 Å². The molecule has 1 N–H and O–H groups in total. The number of anilines is 1. The molecule has 0 aromatic heterocycles. The zero-order valence-electron chi connectivity index (χ0n) is 17.0. The average molecular weight is 403 g/mol. The third kappa shape index (κ3) is 4.86. The van der Waals surface area contributed by atoms with Crippen LogP contribution in [0.15, 0.2) is 41.3 Å². The SMILES string of the molecule is CCCCc1ccc(NS(=O)(=O)c2cc3c(cc2OC)CCN(C)CC3)cc1. The highest BCUT2D eigenvalue weighted by atomic mass is 32.2. The van der Waals surface area contributed by atoms with Gasteiger partial charge in [0.2, 0.25) is 0 Å². The Bertz CT molecular complexity index is 908. The molecule has 0 atom stereocenters. The van der Waals surface area contributed by atoms with E-state index in [0.717, 1.165) is 50.8 Å². The van der Waals surface area contributed by atoms with E-state index >= 15 is 0 Å². The van der Waals surface area contributed by atoms with Crippen molar-refractivity contribution in [2.45, 2.75) is 43.9 Å². The quantitative estimate of drug-likeness (QED) is 0.764. The van der Waals surface area contributed by atoms with Gasteiger partial charge in [-0.25, -0.2) is 8.42 Å². The van der Waals surface area contributed by atoms with Crippen LogP contribution in [0, 0.1) is 0 Å². The summed E-state index contributed by atoms with van der Waals surface area (Å²) in [5, 5.41) is 0. The van der Waals surface area contributed by atoms with Crippen LogP contribution < -0.4 is 9.46 Å². The van der Waals surface area contributed by atoms with Crippen molar-refractivity contribution in [3.05, 3.63) is 53.1 Å². The fourth-order valence-corrected chi connectivity index (χ4v) is 4.80. The zero-order valence-corrected chi connectivity index (χ0v) is 17.8. The molecule has 5 nitrogen and oxygen atoms in total. The number of nitrogens with one attached hydrogen (secondary N) is 1. The third-order valence-corrected chi connectivity index (χ3v) is 6.73. The molecule has 0 fully saturated rings. The molecule has 0 amide bonds. The van der Waals surface area contributed by atoms with E-state index in [-0.39, 0.29) is 4.90 Å². The van der Waals surface area contributed by atoms with Gasteiger partial charge in [-0.1, -0.05) is 25.5 Å². The van der Waals surface area contributed by atoms with Crippen molar-refractivity contribution in [1.82, 2.24) is 4.90 Å². The molecule has 0 saturated carbocycles. The second-order valence-electron chi connectivity index (χ2n) is 7.48. The second-order valence-corrected chi connectivity index (χ2v) is 9.13. The summed E-state index contributed by atoms with van der Waals surface area (Å²) in [6, 6.07) is 11.3. The van der Waals surface area contributed by atoms with Crippen molar-refractivity contribution in [1.29, 1.82) is 0 Å². The predicted molar refractivity (Wildman–Crippen MR) is 114 cm³/mol. The molecule has 152 valence electrons. The Morgan fingerprint density at radius 1 is 1.07 bits per heavy atom. The number of unbranched alkanes of at least 4 members (excludes halogenated alkanes) is 1. The molecule has 3 rings (SSSR count). The van der Waals surface area contributed by atoms with Gasteiger partial charge in [-0.2, -0.15) is 0 Å². The lowest BCUT2D eigenvalue weighted by molar-refractivity contribution is 0.352. The molecule has 1 aliphatic heterocycles. The van der Waals surface area contributed by atoms with Crippen LogP contribution in [-0.2, 0) is 29.3 Å².